The van der Waals surface area contributed by atoms with E-state index in [4.69, 9.17) is 5.73 Å². The summed E-state index contributed by atoms with van der Waals surface area (Å²) in [5.41, 5.74) is 6.36. The first-order chi connectivity index (χ1) is 9.72. The number of hydrogen-bond donors (Lipinski definition) is 2. The Morgan fingerprint density at radius 1 is 1.19 bits per heavy atom. The van der Waals surface area contributed by atoms with E-state index < -0.39 is 15.8 Å². The Kier molecular flexibility index (Phi) is 4.60. The van der Waals surface area contributed by atoms with Gasteiger partial charge in [0.15, 0.2) is 0 Å². The molecule has 0 atom stereocenters. The maximum absolute atomic E-state index is 13.8. The summed E-state index contributed by atoms with van der Waals surface area (Å²) in [5, 5.41) is 0. The molecule has 2 aromatic carbocycles. The minimum Gasteiger partial charge on any atom is -0.398 e. The Bertz CT molecular complexity index is 790. The van der Waals surface area contributed by atoms with E-state index in [-0.39, 0.29) is 16.3 Å². The monoisotopic (exact) mass is 436 g/mol. The van der Waals surface area contributed by atoms with Gasteiger partial charge in [0.2, 0.25) is 0 Å². The average Bonchev–Trinajstić information content (AvgIpc) is 2.38. The van der Waals surface area contributed by atoms with Gasteiger partial charge in [-0.1, -0.05) is 6.07 Å². The lowest BCUT2D eigenvalue weighted by Gasteiger charge is -2.13. The molecule has 0 fully saturated rings. The van der Waals surface area contributed by atoms with E-state index in [2.05, 4.69) is 36.6 Å². The maximum atomic E-state index is 13.8. The quantitative estimate of drug-likeness (QED) is 0.711. The van der Waals surface area contributed by atoms with Crippen molar-refractivity contribution in [1.82, 2.24) is 0 Å². The van der Waals surface area contributed by atoms with Gasteiger partial charge in [-0.25, -0.2) is 12.8 Å². The van der Waals surface area contributed by atoms with Gasteiger partial charge in [-0.15, -0.1) is 0 Å². The normalized spacial score (nSPS) is 11.4. The topological polar surface area (TPSA) is 72.2 Å². The van der Waals surface area contributed by atoms with Gasteiger partial charge >= 0.3 is 0 Å². The summed E-state index contributed by atoms with van der Waals surface area (Å²) >= 11 is 6.35. The highest BCUT2D eigenvalue weighted by molar-refractivity contribution is 9.11. The molecular formula is C13H11Br2FN2O2S. The van der Waals surface area contributed by atoms with Crippen molar-refractivity contribution < 1.29 is 12.8 Å². The van der Waals surface area contributed by atoms with Gasteiger partial charge in [0.05, 0.1) is 10.6 Å². The first-order valence-corrected chi connectivity index (χ1v) is 8.82. The van der Waals surface area contributed by atoms with Gasteiger partial charge in [-0.05, 0) is 68.6 Å². The van der Waals surface area contributed by atoms with Gasteiger partial charge < -0.3 is 5.73 Å². The molecule has 0 amide bonds. The van der Waals surface area contributed by atoms with E-state index in [1.54, 1.807) is 19.1 Å². The summed E-state index contributed by atoms with van der Waals surface area (Å²) in [4.78, 5) is -0.00152. The molecule has 0 radical (unpaired) electrons. The number of para-hydroxylation sites is 1. The summed E-state index contributed by atoms with van der Waals surface area (Å²) in [6, 6.07) is 7.12. The van der Waals surface area contributed by atoms with Crippen LogP contribution < -0.4 is 10.5 Å². The number of sulfonamides is 1. The predicted molar refractivity (Wildman–Crippen MR) is 88.2 cm³/mol. The van der Waals surface area contributed by atoms with Crippen LogP contribution in [0.3, 0.4) is 0 Å². The lowest BCUT2D eigenvalue weighted by molar-refractivity contribution is 0.598. The third kappa shape index (κ3) is 3.38. The zero-order valence-electron chi connectivity index (χ0n) is 10.8. The third-order valence-corrected chi connectivity index (χ3v) is 5.62. The highest BCUT2D eigenvalue weighted by atomic mass is 79.9. The summed E-state index contributed by atoms with van der Waals surface area (Å²) < 4.78 is 41.7. The predicted octanol–water partition coefficient (Wildman–Crippen LogP) is 4.04. The Morgan fingerprint density at radius 2 is 1.86 bits per heavy atom. The van der Waals surface area contributed by atoms with Crippen LogP contribution >= 0.6 is 31.9 Å². The molecule has 0 unspecified atom stereocenters. The number of nitrogen functional groups attached to an aromatic ring is 1. The molecule has 0 bridgehead atoms. The Morgan fingerprint density at radius 3 is 2.48 bits per heavy atom. The van der Waals surface area contributed by atoms with E-state index in [0.29, 0.717) is 14.5 Å². The number of aryl methyl sites for hydroxylation is 1. The molecular weight excluding hydrogens is 427 g/mol. The summed E-state index contributed by atoms with van der Waals surface area (Å²) in [6.07, 6.45) is 0. The first kappa shape index (κ1) is 16.3. The molecule has 4 nitrogen and oxygen atoms in total. The van der Waals surface area contributed by atoms with Crippen molar-refractivity contribution >= 4 is 53.3 Å². The maximum Gasteiger partial charge on any atom is 0.262 e. The average molecular weight is 438 g/mol. The van der Waals surface area contributed by atoms with E-state index >= 15 is 0 Å². The SMILES string of the molecule is Cc1cc(Br)c(N)cc1S(=O)(=O)Nc1c(F)cccc1Br. The Hall–Kier alpha value is -1.12. The summed E-state index contributed by atoms with van der Waals surface area (Å²) in [6.45, 7) is 1.63. The molecule has 21 heavy (non-hydrogen) atoms. The van der Waals surface area contributed by atoms with Crippen molar-refractivity contribution in [3.05, 3.63) is 50.7 Å². The zero-order valence-corrected chi connectivity index (χ0v) is 14.8. The van der Waals surface area contributed by atoms with Gasteiger partial charge in [0.1, 0.15) is 5.82 Å². The molecule has 2 aromatic rings. The Balaban J connectivity index is 2.51. The van der Waals surface area contributed by atoms with Crippen LogP contribution in [-0.2, 0) is 10.0 Å². The molecule has 0 aliphatic rings. The second-order valence-corrected chi connectivity index (χ2v) is 7.70. The van der Waals surface area contributed by atoms with E-state index in [1.807, 2.05) is 0 Å². The molecule has 112 valence electrons. The van der Waals surface area contributed by atoms with Crippen LogP contribution in [0.2, 0.25) is 0 Å². The smallest absolute Gasteiger partial charge is 0.262 e. The van der Waals surface area contributed by atoms with E-state index in [1.165, 1.54) is 18.2 Å². The van der Waals surface area contributed by atoms with Crippen LogP contribution in [0.15, 0.2) is 44.2 Å². The number of nitrogens with two attached hydrogens (primary N) is 1. The van der Waals surface area contributed by atoms with Gasteiger partial charge in [-0.3, -0.25) is 4.72 Å². The minimum atomic E-state index is -3.95. The van der Waals surface area contributed by atoms with Gasteiger partial charge in [-0.2, -0.15) is 0 Å². The van der Waals surface area contributed by atoms with Crippen LogP contribution in [0, 0.1) is 12.7 Å². The second kappa shape index (κ2) is 5.94. The highest BCUT2D eigenvalue weighted by Crippen LogP contribution is 2.31. The molecule has 3 N–H and O–H groups in total. The van der Waals surface area contributed by atoms with Crippen molar-refractivity contribution in [2.45, 2.75) is 11.8 Å². The van der Waals surface area contributed by atoms with Crippen LogP contribution in [0.25, 0.3) is 0 Å². The summed E-state index contributed by atoms with van der Waals surface area (Å²) in [7, 11) is -3.95. The van der Waals surface area contributed by atoms with Crippen molar-refractivity contribution in [3.63, 3.8) is 0 Å². The van der Waals surface area contributed by atoms with Crippen LogP contribution in [-0.4, -0.2) is 8.42 Å². The van der Waals surface area contributed by atoms with Gasteiger partial charge in [0.25, 0.3) is 10.0 Å². The lowest BCUT2D eigenvalue weighted by atomic mass is 10.2. The number of nitrogens with one attached hydrogen (secondary N) is 1. The fraction of sp³-hybridized carbons (Fsp3) is 0.0769. The molecule has 0 aromatic heterocycles. The fourth-order valence-corrected chi connectivity index (χ4v) is 4.12. The zero-order chi connectivity index (χ0) is 15.8. The third-order valence-electron chi connectivity index (χ3n) is 2.78. The first-order valence-electron chi connectivity index (χ1n) is 5.75. The number of benzene rings is 2. The number of halogens is 3. The molecule has 0 heterocycles. The highest BCUT2D eigenvalue weighted by Gasteiger charge is 2.21. The summed E-state index contributed by atoms with van der Waals surface area (Å²) in [5.74, 6) is -0.671. The van der Waals surface area contributed by atoms with Crippen molar-refractivity contribution in [1.29, 1.82) is 0 Å². The lowest BCUT2D eigenvalue weighted by Crippen LogP contribution is -2.16. The van der Waals surface area contributed by atoms with Crippen LogP contribution in [0.4, 0.5) is 15.8 Å². The molecule has 8 heteroatoms. The molecule has 0 saturated carbocycles. The van der Waals surface area contributed by atoms with Crippen molar-refractivity contribution in [2.24, 2.45) is 0 Å². The minimum absolute atomic E-state index is 0.00152. The van der Waals surface area contributed by atoms with E-state index in [9.17, 15) is 12.8 Å². The molecule has 0 spiro atoms. The molecule has 0 saturated heterocycles. The van der Waals surface area contributed by atoms with Gasteiger partial charge in [0, 0.05) is 14.6 Å². The van der Waals surface area contributed by atoms with Crippen molar-refractivity contribution in [2.75, 3.05) is 10.5 Å². The van der Waals surface area contributed by atoms with Crippen molar-refractivity contribution in [3.8, 4) is 0 Å². The fourth-order valence-electron chi connectivity index (χ4n) is 1.74. The number of anilines is 2. The second-order valence-electron chi connectivity index (χ2n) is 4.34. The Labute approximate surface area is 138 Å². The van der Waals surface area contributed by atoms with Crippen LogP contribution in [0.1, 0.15) is 5.56 Å². The molecule has 0 aliphatic carbocycles. The standard InChI is InChI=1S/C13H11Br2FN2O2S/c1-7-5-9(15)11(17)6-12(7)21(19,20)18-13-8(14)3-2-4-10(13)16/h2-6,18H,17H2,1H3. The number of rotatable bonds is 3. The molecule has 2 rings (SSSR count). The van der Waals surface area contributed by atoms with Crippen LogP contribution in [0.5, 0.6) is 0 Å². The van der Waals surface area contributed by atoms with E-state index in [0.717, 1.165) is 0 Å². The molecule has 0 aliphatic heterocycles. The largest absolute Gasteiger partial charge is 0.398 e. The number of hydrogen-bond acceptors (Lipinski definition) is 3.